The molecule has 3 atom stereocenters. The lowest BCUT2D eigenvalue weighted by atomic mass is 9.75. The van der Waals surface area contributed by atoms with E-state index in [4.69, 9.17) is 9.47 Å². The molecule has 1 aromatic rings. The van der Waals surface area contributed by atoms with Gasteiger partial charge in [-0.05, 0) is 44.1 Å². The van der Waals surface area contributed by atoms with Gasteiger partial charge in [-0.1, -0.05) is 42.5 Å². The van der Waals surface area contributed by atoms with Crippen LogP contribution >= 0.6 is 0 Å². The third-order valence-corrected chi connectivity index (χ3v) is 9.52. The fourth-order valence-electron chi connectivity index (χ4n) is 7.06. The van der Waals surface area contributed by atoms with Gasteiger partial charge in [0, 0.05) is 42.2 Å². The molecule has 200 valence electrons. The Morgan fingerprint density at radius 2 is 1.89 bits per heavy atom. The molecule has 3 aliphatic heterocycles. The van der Waals surface area contributed by atoms with Crippen LogP contribution in [0.1, 0.15) is 38.2 Å². The number of likely N-dealkylation sites (tertiary alicyclic amines) is 1. The van der Waals surface area contributed by atoms with Gasteiger partial charge in [0.15, 0.2) is 11.4 Å². The van der Waals surface area contributed by atoms with E-state index in [-0.39, 0.29) is 35.7 Å². The summed E-state index contributed by atoms with van der Waals surface area (Å²) < 4.78 is 11.4. The van der Waals surface area contributed by atoms with Crippen LogP contribution in [0.25, 0.3) is 0 Å². The van der Waals surface area contributed by atoms with Crippen molar-refractivity contribution >= 4 is 17.8 Å². The van der Waals surface area contributed by atoms with Crippen molar-refractivity contribution in [2.45, 2.75) is 56.8 Å². The van der Waals surface area contributed by atoms with E-state index >= 15 is 0 Å². The largest absolute Gasteiger partial charge is 0.436 e. The van der Waals surface area contributed by atoms with Crippen molar-refractivity contribution in [1.82, 2.24) is 14.7 Å². The molecule has 8 heteroatoms. The van der Waals surface area contributed by atoms with Crippen molar-refractivity contribution in [3.8, 4) is 0 Å². The summed E-state index contributed by atoms with van der Waals surface area (Å²) in [7, 11) is 0. The summed E-state index contributed by atoms with van der Waals surface area (Å²) in [6.07, 6.45) is 6.97. The third kappa shape index (κ3) is 3.92. The maximum Gasteiger partial charge on any atom is 0.411 e. The van der Waals surface area contributed by atoms with Crippen molar-refractivity contribution < 1.29 is 23.9 Å². The van der Waals surface area contributed by atoms with Gasteiger partial charge in [0.2, 0.25) is 5.91 Å². The predicted octanol–water partition coefficient (Wildman–Crippen LogP) is 2.93. The standard InChI is InChI=1S/C30H35N3O5/c1-20(22-7-8-22)33(13-21-5-3-2-4-6-21)26(34)14-31-17-30(38-28(31)36)12-11-23-24(30)9-10-25(27(23)35)32-15-29(16-32)18-37-19-29/h2-6,9-10,20,22,25H,7-8,11-19H2,1H3/t20-,25?,30?/m0/s1. The van der Waals surface area contributed by atoms with E-state index in [1.165, 1.54) is 4.90 Å². The maximum absolute atomic E-state index is 13.6. The van der Waals surface area contributed by atoms with Gasteiger partial charge in [0.1, 0.15) is 6.54 Å². The molecular formula is C30H35N3O5. The minimum absolute atomic E-state index is 0.00862. The lowest BCUT2D eigenvalue weighted by Crippen LogP contribution is -2.69. The molecule has 3 heterocycles. The molecule has 1 aromatic carbocycles. The molecule has 2 unspecified atom stereocenters. The summed E-state index contributed by atoms with van der Waals surface area (Å²) >= 11 is 0. The van der Waals surface area contributed by atoms with Gasteiger partial charge in [-0.15, -0.1) is 0 Å². The van der Waals surface area contributed by atoms with Crippen molar-refractivity contribution in [1.29, 1.82) is 0 Å². The highest BCUT2D eigenvalue weighted by atomic mass is 16.6. The van der Waals surface area contributed by atoms with Gasteiger partial charge in [-0.3, -0.25) is 19.4 Å². The Kier molecular flexibility index (Phi) is 5.57. The van der Waals surface area contributed by atoms with E-state index in [1.54, 1.807) is 0 Å². The highest BCUT2D eigenvalue weighted by Gasteiger charge is 2.56. The highest BCUT2D eigenvalue weighted by molar-refractivity contribution is 6.04. The molecule has 0 radical (unpaired) electrons. The molecule has 2 amide bonds. The van der Waals surface area contributed by atoms with Crippen molar-refractivity contribution in [2.75, 3.05) is 39.4 Å². The van der Waals surface area contributed by atoms with Crippen LogP contribution in [0.4, 0.5) is 4.79 Å². The Balaban J connectivity index is 1.04. The monoisotopic (exact) mass is 517 g/mol. The van der Waals surface area contributed by atoms with E-state index in [1.807, 2.05) is 47.4 Å². The molecule has 0 aromatic heterocycles. The lowest BCUT2D eigenvalue weighted by Gasteiger charge is -2.57. The Morgan fingerprint density at radius 1 is 1.13 bits per heavy atom. The molecule has 8 nitrogen and oxygen atoms in total. The number of benzene rings is 1. The Labute approximate surface area is 223 Å². The zero-order valence-electron chi connectivity index (χ0n) is 21.9. The van der Waals surface area contributed by atoms with Gasteiger partial charge >= 0.3 is 6.09 Å². The first kappa shape index (κ1) is 24.1. The van der Waals surface area contributed by atoms with Gasteiger partial charge in [-0.2, -0.15) is 0 Å². The number of nitrogens with zero attached hydrogens (tertiary/aromatic N) is 3. The van der Waals surface area contributed by atoms with E-state index in [9.17, 15) is 14.4 Å². The summed E-state index contributed by atoms with van der Waals surface area (Å²) in [6, 6.07) is 9.90. The number of ketones is 1. The van der Waals surface area contributed by atoms with Crippen molar-refractivity contribution in [3.05, 3.63) is 59.2 Å². The summed E-state index contributed by atoms with van der Waals surface area (Å²) in [6.45, 7) is 6.31. The normalized spacial score (nSPS) is 30.3. The number of ether oxygens (including phenoxy) is 2. The zero-order valence-corrected chi connectivity index (χ0v) is 21.9. The minimum Gasteiger partial charge on any atom is -0.436 e. The molecule has 0 bridgehead atoms. The molecule has 4 fully saturated rings. The molecular weight excluding hydrogens is 482 g/mol. The van der Waals surface area contributed by atoms with Gasteiger partial charge in [0.25, 0.3) is 0 Å². The van der Waals surface area contributed by atoms with E-state index in [0.29, 0.717) is 31.8 Å². The van der Waals surface area contributed by atoms with Crippen LogP contribution < -0.4 is 0 Å². The molecule has 6 aliphatic rings. The van der Waals surface area contributed by atoms with Crippen LogP contribution in [0.2, 0.25) is 0 Å². The smallest absolute Gasteiger partial charge is 0.411 e. The summed E-state index contributed by atoms with van der Waals surface area (Å²) in [5.74, 6) is 0.593. The number of hydrogen-bond donors (Lipinski definition) is 0. The maximum atomic E-state index is 13.6. The number of Topliss-reactive ketones (excluding diaryl/α,β-unsaturated/α-hetero) is 1. The second-order valence-electron chi connectivity index (χ2n) is 12.3. The fourth-order valence-corrected chi connectivity index (χ4v) is 7.06. The molecule has 3 saturated heterocycles. The molecule has 7 rings (SSSR count). The minimum atomic E-state index is -0.839. The van der Waals surface area contributed by atoms with Crippen LogP contribution in [0.5, 0.6) is 0 Å². The third-order valence-electron chi connectivity index (χ3n) is 9.52. The van der Waals surface area contributed by atoms with Crippen LogP contribution in [-0.2, 0) is 25.6 Å². The second kappa shape index (κ2) is 8.78. The van der Waals surface area contributed by atoms with E-state index < -0.39 is 11.7 Å². The fraction of sp³-hybridized carbons (Fsp3) is 0.567. The Bertz CT molecular complexity index is 1230. The van der Waals surface area contributed by atoms with Crippen molar-refractivity contribution in [3.63, 3.8) is 0 Å². The number of amides is 2. The predicted molar refractivity (Wildman–Crippen MR) is 139 cm³/mol. The topological polar surface area (TPSA) is 79.4 Å². The SMILES string of the molecule is C[C@@H](C1CC1)N(Cc1ccccc1)C(=O)CN1CC2(CCC3=C2C=CC(N2CC4(COC4)C2)C3=O)OC1=O. The van der Waals surface area contributed by atoms with Gasteiger partial charge in [-0.25, -0.2) is 4.79 Å². The molecule has 0 N–H and O–H groups in total. The summed E-state index contributed by atoms with van der Waals surface area (Å²) in [5.41, 5.74) is 2.11. The molecule has 1 saturated carbocycles. The van der Waals surface area contributed by atoms with E-state index in [2.05, 4.69) is 11.8 Å². The first-order valence-corrected chi connectivity index (χ1v) is 14.0. The highest BCUT2D eigenvalue weighted by Crippen LogP contribution is 2.47. The van der Waals surface area contributed by atoms with Gasteiger partial charge < -0.3 is 14.4 Å². The van der Waals surface area contributed by atoms with E-state index in [0.717, 1.165) is 55.9 Å². The van der Waals surface area contributed by atoms with Gasteiger partial charge in [0.05, 0.1) is 25.8 Å². The second-order valence-corrected chi connectivity index (χ2v) is 12.3. The number of fused-ring (bicyclic) bond motifs is 1. The van der Waals surface area contributed by atoms with Crippen LogP contribution in [0, 0.1) is 11.3 Å². The van der Waals surface area contributed by atoms with Crippen LogP contribution in [0.15, 0.2) is 53.6 Å². The lowest BCUT2D eigenvalue weighted by molar-refractivity contribution is -0.194. The Hall–Kier alpha value is -2.97. The van der Waals surface area contributed by atoms with Crippen molar-refractivity contribution in [2.24, 2.45) is 11.3 Å². The number of carbonyl (C=O) groups excluding carboxylic acids is 3. The average Bonchev–Trinajstić information content (AvgIpc) is 3.58. The van der Waals surface area contributed by atoms with Crippen LogP contribution in [0.3, 0.4) is 0 Å². The summed E-state index contributed by atoms with van der Waals surface area (Å²) in [5, 5.41) is 0. The number of rotatable bonds is 7. The number of hydrogen-bond acceptors (Lipinski definition) is 6. The first-order valence-electron chi connectivity index (χ1n) is 14.0. The first-order chi connectivity index (χ1) is 18.4. The zero-order chi connectivity index (χ0) is 26.1. The molecule has 3 aliphatic carbocycles. The molecule has 2 spiro atoms. The number of carbonyl (C=O) groups is 3. The Morgan fingerprint density at radius 3 is 2.58 bits per heavy atom. The molecule has 38 heavy (non-hydrogen) atoms. The summed E-state index contributed by atoms with van der Waals surface area (Å²) in [4.78, 5) is 45.8. The average molecular weight is 518 g/mol. The van der Waals surface area contributed by atoms with Crippen LogP contribution in [-0.4, -0.2) is 89.6 Å². The quantitative estimate of drug-likeness (QED) is 0.554.